The van der Waals surface area contributed by atoms with E-state index in [2.05, 4.69) is 15.9 Å². The minimum atomic E-state index is -0.487. The number of benzene rings is 1. The lowest BCUT2D eigenvalue weighted by Crippen LogP contribution is -2.41. The summed E-state index contributed by atoms with van der Waals surface area (Å²) in [5.41, 5.74) is 0.968. The predicted octanol–water partition coefficient (Wildman–Crippen LogP) is 2.37. The van der Waals surface area contributed by atoms with Crippen LogP contribution >= 0.6 is 15.9 Å². The van der Waals surface area contributed by atoms with Crippen molar-refractivity contribution in [1.82, 2.24) is 4.90 Å². The Labute approximate surface area is 108 Å². The molecule has 1 aliphatic heterocycles. The minimum absolute atomic E-state index is 0.118. The quantitative estimate of drug-likeness (QED) is 0.797. The first-order chi connectivity index (χ1) is 8.11. The third kappa shape index (κ3) is 2.50. The van der Waals surface area contributed by atoms with Gasteiger partial charge in [0.15, 0.2) is 0 Å². The van der Waals surface area contributed by atoms with Crippen LogP contribution in [0, 0.1) is 12.7 Å². The van der Waals surface area contributed by atoms with Crippen molar-refractivity contribution in [3.05, 3.63) is 33.5 Å². The number of morpholine rings is 1. The molecule has 0 atom stereocenters. The number of amides is 1. The monoisotopic (exact) mass is 301 g/mol. The van der Waals surface area contributed by atoms with E-state index in [-0.39, 0.29) is 11.5 Å². The van der Waals surface area contributed by atoms with Gasteiger partial charge in [-0.05, 0) is 34.5 Å². The Balaban J connectivity index is 2.32. The number of hydrogen-bond donors (Lipinski definition) is 0. The zero-order chi connectivity index (χ0) is 12.4. The fourth-order valence-corrected chi connectivity index (χ4v) is 2.27. The smallest absolute Gasteiger partial charge is 0.258 e. The zero-order valence-corrected chi connectivity index (χ0v) is 11.1. The van der Waals surface area contributed by atoms with Gasteiger partial charge in [-0.2, -0.15) is 0 Å². The van der Waals surface area contributed by atoms with E-state index in [1.165, 1.54) is 6.07 Å². The van der Waals surface area contributed by atoms with Gasteiger partial charge < -0.3 is 9.64 Å². The maximum atomic E-state index is 13.7. The molecule has 0 aliphatic carbocycles. The normalized spacial score (nSPS) is 16.1. The second kappa shape index (κ2) is 5.14. The van der Waals surface area contributed by atoms with Gasteiger partial charge in [-0.1, -0.05) is 6.07 Å². The number of carbonyl (C=O) groups is 1. The van der Waals surface area contributed by atoms with E-state index < -0.39 is 5.82 Å². The Hall–Kier alpha value is -0.940. The maximum Gasteiger partial charge on any atom is 0.258 e. The summed E-state index contributed by atoms with van der Waals surface area (Å²) in [6.45, 7) is 3.88. The van der Waals surface area contributed by atoms with Gasteiger partial charge in [-0.3, -0.25) is 4.79 Å². The molecule has 0 N–H and O–H groups in total. The van der Waals surface area contributed by atoms with Crippen molar-refractivity contribution in [2.24, 2.45) is 0 Å². The van der Waals surface area contributed by atoms with Crippen molar-refractivity contribution in [1.29, 1.82) is 0 Å². The van der Waals surface area contributed by atoms with E-state index in [1.54, 1.807) is 11.0 Å². The molecule has 0 unspecified atom stereocenters. The highest BCUT2D eigenvalue weighted by Crippen LogP contribution is 2.25. The number of ether oxygens (including phenoxy) is 1. The third-order valence-corrected chi connectivity index (χ3v) is 3.82. The van der Waals surface area contributed by atoms with E-state index in [4.69, 9.17) is 4.74 Å². The molecule has 1 aliphatic rings. The van der Waals surface area contributed by atoms with Gasteiger partial charge in [0.25, 0.3) is 5.91 Å². The molecular formula is C12H13BrFNO2. The molecule has 1 aromatic carbocycles. The molecule has 2 rings (SSSR count). The topological polar surface area (TPSA) is 29.5 Å². The summed E-state index contributed by atoms with van der Waals surface area (Å²) in [4.78, 5) is 13.8. The molecule has 1 heterocycles. The summed E-state index contributed by atoms with van der Waals surface area (Å²) in [6.07, 6.45) is 0. The molecule has 92 valence electrons. The molecule has 0 spiro atoms. The highest BCUT2D eigenvalue weighted by atomic mass is 79.9. The molecule has 1 amide bonds. The lowest BCUT2D eigenvalue weighted by molar-refractivity contribution is 0.0299. The summed E-state index contributed by atoms with van der Waals surface area (Å²) in [5, 5.41) is 0. The van der Waals surface area contributed by atoms with Crippen molar-refractivity contribution in [3.63, 3.8) is 0 Å². The van der Waals surface area contributed by atoms with Gasteiger partial charge in [0.1, 0.15) is 5.82 Å². The number of nitrogens with zero attached hydrogens (tertiary/aromatic N) is 1. The van der Waals surface area contributed by atoms with Crippen LogP contribution in [0.15, 0.2) is 16.6 Å². The molecule has 1 aromatic rings. The third-order valence-electron chi connectivity index (χ3n) is 2.80. The largest absolute Gasteiger partial charge is 0.378 e. The Morgan fingerprint density at radius 1 is 1.41 bits per heavy atom. The molecule has 1 fully saturated rings. The highest BCUT2D eigenvalue weighted by molar-refractivity contribution is 9.10. The van der Waals surface area contributed by atoms with Crippen molar-refractivity contribution in [2.45, 2.75) is 6.92 Å². The van der Waals surface area contributed by atoms with Gasteiger partial charge >= 0.3 is 0 Å². The number of aryl methyl sites for hydroxylation is 1. The van der Waals surface area contributed by atoms with Crippen LogP contribution < -0.4 is 0 Å². The van der Waals surface area contributed by atoms with Gasteiger partial charge in [0.05, 0.1) is 18.8 Å². The lowest BCUT2D eigenvalue weighted by atomic mass is 10.1. The van der Waals surface area contributed by atoms with Gasteiger partial charge in [0.2, 0.25) is 0 Å². The average Bonchev–Trinajstić information content (AvgIpc) is 2.35. The highest BCUT2D eigenvalue weighted by Gasteiger charge is 2.24. The summed E-state index contributed by atoms with van der Waals surface area (Å²) in [7, 11) is 0. The van der Waals surface area contributed by atoms with E-state index >= 15 is 0 Å². The fraction of sp³-hybridized carbons (Fsp3) is 0.417. The molecule has 0 aromatic heterocycles. The Kier molecular flexibility index (Phi) is 3.79. The van der Waals surface area contributed by atoms with Crippen LogP contribution in [0.25, 0.3) is 0 Å². The molecule has 3 nitrogen and oxygen atoms in total. The SMILES string of the molecule is Cc1ccc(F)c(C(=O)N2CCOCC2)c1Br. The zero-order valence-electron chi connectivity index (χ0n) is 9.50. The number of halogens is 2. The van der Waals surface area contributed by atoms with Crippen LogP contribution in [0.5, 0.6) is 0 Å². The summed E-state index contributed by atoms with van der Waals surface area (Å²) >= 11 is 3.28. The van der Waals surface area contributed by atoms with Crippen LogP contribution in [0.1, 0.15) is 15.9 Å². The van der Waals surface area contributed by atoms with Gasteiger partial charge in [-0.25, -0.2) is 4.39 Å². The predicted molar refractivity (Wildman–Crippen MR) is 65.6 cm³/mol. The second-order valence-corrected chi connectivity index (χ2v) is 4.75. The molecule has 0 bridgehead atoms. The fourth-order valence-electron chi connectivity index (χ4n) is 1.78. The molecule has 0 saturated carbocycles. The molecule has 1 saturated heterocycles. The van der Waals surface area contributed by atoms with Crippen molar-refractivity contribution in [2.75, 3.05) is 26.3 Å². The number of hydrogen-bond acceptors (Lipinski definition) is 2. The molecule has 5 heteroatoms. The summed E-state index contributed by atoms with van der Waals surface area (Å²) in [6, 6.07) is 2.98. The van der Waals surface area contributed by atoms with Gasteiger partial charge in [0, 0.05) is 17.6 Å². The Morgan fingerprint density at radius 3 is 2.71 bits per heavy atom. The van der Waals surface area contributed by atoms with E-state index in [0.717, 1.165) is 5.56 Å². The Morgan fingerprint density at radius 2 is 2.06 bits per heavy atom. The van der Waals surface area contributed by atoms with E-state index in [1.807, 2.05) is 6.92 Å². The van der Waals surface area contributed by atoms with Crippen LogP contribution in [0.4, 0.5) is 4.39 Å². The molecular weight excluding hydrogens is 289 g/mol. The number of carbonyl (C=O) groups excluding carboxylic acids is 1. The van der Waals surface area contributed by atoms with E-state index in [9.17, 15) is 9.18 Å². The van der Waals surface area contributed by atoms with Crippen molar-refractivity contribution in [3.8, 4) is 0 Å². The lowest BCUT2D eigenvalue weighted by Gasteiger charge is -2.27. The Bertz CT molecular complexity index is 444. The number of rotatable bonds is 1. The second-order valence-electron chi connectivity index (χ2n) is 3.96. The molecule has 0 radical (unpaired) electrons. The first-order valence-electron chi connectivity index (χ1n) is 5.43. The van der Waals surface area contributed by atoms with Crippen LogP contribution in [-0.4, -0.2) is 37.1 Å². The summed E-state index contributed by atoms with van der Waals surface area (Å²) < 4.78 is 19.4. The summed E-state index contributed by atoms with van der Waals surface area (Å²) in [5.74, 6) is -0.764. The average molecular weight is 302 g/mol. The first-order valence-corrected chi connectivity index (χ1v) is 6.22. The van der Waals surface area contributed by atoms with Gasteiger partial charge in [-0.15, -0.1) is 0 Å². The van der Waals surface area contributed by atoms with Crippen LogP contribution in [0.3, 0.4) is 0 Å². The standard InChI is InChI=1S/C12H13BrFNO2/c1-8-2-3-9(14)10(11(8)13)12(16)15-4-6-17-7-5-15/h2-3H,4-7H2,1H3. The van der Waals surface area contributed by atoms with Crippen LogP contribution in [0.2, 0.25) is 0 Å². The van der Waals surface area contributed by atoms with Crippen molar-refractivity contribution < 1.29 is 13.9 Å². The maximum absolute atomic E-state index is 13.7. The van der Waals surface area contributed by atoms with Crippen LogP contribution in [-0.2, 0) is 4.74 Å². The first kappa shape index (κ1) is 12.5. The van der Waals surface area contributed by atoms with Crippen molar-refractivity contribution >= 4 is 21.8 Å². The minimum Gasteiger partial charge on any atom is -0.378 e. The van der Waals surface area contributed by atoms with E-state index in [0.29, 0.717) is 30.8 Å². The molecule has 17 heavy (non-hydrogen) atoms.